The minimum absolute atomic E-state index is 0.0281. The quantitative estimate of drug-likeness (QED) is 0.195. The molecule has 0 saturated heterocycles. The van der Waals surface area contributed by atoms with E-state index in [0.717, 1.165) is 0 Å². The van der Waals surface area contributed by atoms with Gasteiger partial charge in [0.1, 0.15) is 11.2 Å². The molecule has 0 aliphatic carbocycles. The highest BCUT2D eigenvalue weighted by atomic mass is 16.3. The molecule has 0 aliphatic rings. The van der Waals surface area contributed by atoms with Crippen molar-refractivity contribution in [2.75, 3.05) is 0 Å². The van der Waals surface area contributed by atoms with Crippen LogP contribution in [0.5, 0.6) is 0 Å². The normalized spacial score (nSPS) is 16.9. The Morgan fingerprint density at radius 3 is 1.86 bits per heavy atom. The van der Waals surface area contributed by atoms with Gasteiger partial charge in [-0.15, -0.1) is 0 Å². The van der Waals surface area contributed by atoms with Crippen LogP contribution in [0.1, 0.15) is 21.9 Å². The van der Waals surface area contributed by atoms with Gasteiger partial charge in [0.25, 0.3) is 0 Å². The molecule has 9 aromatic rings. The lowest BCUT2D eigenvalue weighted by molar-refractivity contribution is 0.669. The van der Waals surface area contributed by atoms with Crippen LogP contribution < -0.4 is 0 Å². The Bertz CT molecular complexity index is 3340. The number of rotatable bonds is 3. The molecular formula is C42H26O. The van der Waals surface area contributed by atoms with E-state index in [1.54, 1.807) is 24.3 Å². The van der Waals surface area contributed by atoms with Crippen molar-refractivity contribution in [1.29, 1.82) is 0 Å². The highest BCUT2D eigenvalue weighted by molar-refractivity contribution is 6.23. The smallest absolute Gasteiger partial charge is 0.136 e. The van der Waals surface area contributed by atoms with Gasteiger partial charge in [0, 0.05) is 10.8 Å². The summed E-state index contributed by atoms with van der Waals surface area (Å²) < 4.78 is 144. The molecule has 1 heteroatoms. The highest BCUT2D eigenvalue weighted by Gasteiger charge is 2.19. The Hall–Kier alpha value is -5.66. The first-order valence-electron chi connectivity index (χ1n) is 21.4. The largest absolute Gasteiger partial charge is 0.456 e. The SMILES string of the molecule is [2H]c1cc2c(-c3cccc(-c4c([2H])c([2H])c([2H])c5oc6c([2H])c([2H])c([2H])c([2H])c6c45)c3)c3cc([2H])c([2H])cc3c(-c3cc([2H])c([2H])c4c([2H])c([2H])c([2H])cc34)c2cc1[2H]. The molecule has 8 aromatic carbocycles. The average Bonchev–Trinajstić information content (AvgIpc) is 3.60. The molecule has 0 fully saturated rings. The third-order valence-corrected chi connectivity index (χ3v) is 7.80. The third kappa shape index (κ3) is 3.65. The Balaban J connectivity index is 1.44. The maximum absolute atomic E-state index is 9.10. The maximum atomic E-state index is 9.10. The average molecular weight is 563 g/mol. The summed E-state index contributed by atoms with van der Waals surface area (Å²) in [6, 6.07) is 9.60. The van der Waals surface area contributed by atoms with Crippen LogP contribution in [0.15, 0.2) is 162 Å². The molecule has 0 saturated carbocycles. The second kappa shape index (κ2) is 9.44. The number of hydrogen-bond donors (Lipinski definition) is 0. The zero-order chi connectivity index (χ0) is 42.3. The molecule has 0 N–H and O–H groups in total. The molecule has 9 rings (SSSR count). The zero-order valence-electron chi connectivity index (χ0n) is 38.2. The Morgan fingerprint density at radius 2 is 1.05 bits per heavy atom. The first-order valence-corrected chi connectivity index (χ1v) is 13.4. The summed E-state index contributed by atoms with van der Waals surface area (Å²) in [5, 5.41) is 1.72. The summed E-state index contributed by atoms with van der Waals surface area (Å²) in [6.07, 6.45) is 0. The Kier molecular flexibility index (Phi) is 2.88. The van der Waals surface area contributed by atoms with Gasteiger partial charge in [0.2, 0.25) is 0 Å². The number of para-hydroxylation sites is 1. The molecule has 200 valence electrons. The van der Waals surface area contributed by atoms with Crippen molar-refractivity contribution in [1.82, 2.24) is 0 Å². The predicted octanol–water partition coefficient (Wildman–Crippen LogP) is 12.0. The summed E-state index contributed by atoms with van der Waals surface area (Å²) in [6.45, 7) is 0. The van der Waals surface area contributed by atoms with Gasteiger partial charge < -0.3 is 4.42 Å². The molecular weight excluding hydrogens is 520 g/mol. The minimum Gasteiger partial charge on any atom is -0.456 e. The van der Waals surface area contributed by atoms with Crippen LogP contribution in [0, 0.1) is 0 Å². The van der Waals surface area contributed by atoms with Crippen LogP contribution in [0.4, 0.5) is 0 Å². The summed E-state index contributed by atoms with van der Waals surface area (Å²) in [5.74, 6) is 0. The second-order valence-corrected chi connectivity index (χ2v) is 10.1. The van der Waals surface area contributed by atoms with E-state index in [4.69, 9.17) is 26.3 Å². The first kappa shape index (κ1) is 13.1. The van der Waals surface area contributed by atoms with Crippen molar-refractivity contribution in [3.05, 3.63) is 157 Å². The second-order valence-electron chi connectivity index (χ2n) is 10.1. The summed E-state index contributed by atoms with van der Waals surface area (Å²) in [7, 11) is 0. The van der Waals surface area contributed by atoms with Gasteiger partial charge in [-0.2, -0.15) is 0 Å². The highest BCUT2D eigenvalue weighted by Crippen LogP contribution is 2.46. The Morgan fingerprint density at radius 1 is 0.419 bits per heavy atom. The van der Waals surface area contributed by atoms with Crippen molar-refractivity contribution in [2.45, 2.75) is 0 Å². The fourth-order valence-corrected chi connectivity index (χ4v) is 6.01. The van der Waals surface area contributed by atoms with Crippen LogP contribution in [0.25, 0.3) is 87.6 Å². The molecule has 0 radical (unpaired) electrons. The maximum Gasteiger partial charge on any atom is 0.136 e. The van der Waals surface area contributed by atoms with Crippen LogP contribution in [-0.2, 0) is 0 Å². The number of benzene rings is 8. The minimum atomic E-state index is -0.547. The first-order chi connectivity index (χ1) is 27.9. The van der Waals surface area contributed by atoms with E-state index in [-0.39, 0.29) is 86.1 Å². The fraction of sp³-hybridized carbons (Fsp3) is 0. The molecule has 0 atom stereocenters. The van der Waals surface area contributed by atoms with Crippen LogP contribution in [-0.4, -0.2) is 0 Å². The summed E-state index contributed by atoms with van der Waals surface area (Å²) in [5.41, 5.74) is 1.49. The van der Waals surface area contributed by atoms with Gasteiger partial charge in [-0.1, -0.05) is 139 Å². The molecule has 0 aliphatic heterocycles. The molecule has 43 heavy (non-hydrogen) atoms. The van der Waals surface area contributed by atoms with E-state index in [9.17, 15) is 0 Å². The Labute approximate surface area is 271 Å². The predicted molar refractivity (Wildman–Crippen MR) is 183 cm³/mol. The summed E-state index contributed by atoms with van der Waals surface area (Å²) >= 11 is 0. The van der Waals surface area contributed by atoms with Gasteiger partial charge in [0.15, 0.2) is 0 Å². The lowest BCUT2D eigenvalue weighted by Gasteiger charge is -2.19. The lowest BCUT2D eigenvalue weighted by Crippen LogP contribution is -1.92. The molecule has 1 nitrogen and oxygen atoms in total. The number of hydrogen-bond acceptors (Lipinski definition) is 1. The van der Waals surface area contributed by atoms with Crippen molar-refractivity contribution in [2.24, 2.45) is 0 Å². The van der Waals surface area contributed by atoms with Gasteiger partial charge in [0.05, 0.1) is 21.9 Å². The van der Waals surface area contributed by atoms with Crippen LogP contribution in [0.3, 0.4) is 0 Å². The van der Waals surface area contributed by atoms with Gasteiger partial charge >= 0.3 is 0 Å². The van der Waals surface area contributed by atoms with E-state index < -0.39 is 54.4 Å². The number of fused-ring (bicyclic) bond motifs is 6. The molecule has 0 bridgehead atoms. The van der Waals surface area contributed by atoms with E-state index in [1.807, 2.05) is 0 Å². The van der Waals surface area contributed by atoms with E-state index in [0.29, 0.717) is 43.8 Å². The van der Waals surface area contributed by atoms with Gasteiger partial charge in [-0.05, 0) is 83.8 Å². The monoisotopic (exact) mass is 562 g/mol. The van der Waals surface area contributed by atoms with Gasteiger partial charge in [-0.3, -0.25) is 0 Å². The van der Waals surface area contributed by atoms with Crippen molar-refractivity contribution >= 4 is 54.3 Å². The van der Waals surface area contributed by atoms with Crippen molar-refractivity contribution < 1.29 is 26.3 Å². The fourth-order valence-electron chi connectivity index (χ4n) is 6.01. The molecule has 0 amide bonds. The van der Waals surface area contributed by atoms with Crippen molar-refractivity contribution in [3.8, 4) is 33.4 Å². The molecule has 0 spiro atoms. The lowest BCUT2D eigenvalue weighted by atomic mass is 9.84. The molecule has 1 heterocycles. The van der Waals surface area contributed by atoms with E-state index in [1.165, 1.54) is 36.4 Å². The number of furan rings is 1. The van der Waals surface area contributed by atoms with Crippen LogP contribution >= 0.6 is 0 Å². The topological polar surface area (TPSA) is 13.1 Å². The van der Waals surface area contributed by atoms with Crippen LogP contribution in [0.2, 0.25) is 0 Å². The summed E-state index contributed by atoms with van der Waals surface area (Å²) in [4.78, 5) is 0. The van der Waals surface area contributed by atoms with Gasteiger partial charge in [-0.25, -0.2) is 0 Å². The van der Waals surface area contributed by atoms with E-state index in [2.05, 4.69) is 0 Å². The van der Waals surface area contributed by atoms with Crippen molar-refractivity contribution in [3.63, 3.8) is 0 Å². The molecule has 1 aromatic heterocycles. The molecule has 0 unspecified atom stereocenters. The van der Waals surface area contributed by atoms with E-state index >= 15 is 0 Å². The zero-order valence-corrected chi connectivity index (χ0v) is 22.2. The standard InChI is InChI=1S/C42H26O/c1-2-16-30-27(12-1)13-10-23-32(30)41-35-19-5-3-17-33(35)40(34-18-4-6-20-36(34)41)29-15-9-14-28(26-29)31-22-11-25-39-42(31)37-21-7-8-24-38(37)43-39/h1-26H/i1D,2D,3D,4D,5D,6D,7D,8D,10D,11D,12D,13D,21D,22D,24D,25D. The third-order valence-electron chi connectivity index (χ3n) is 7.80.